The molecular weight excluding hydrogens is 238 g/mol. The van der Waals surface area contributed by atoms with Gasteiger partial charge in [-0.05, 0) is 6.07 Å². The number of methoxy groups -OCH3 is 1. The van der Waals surface area contributed by atoms with Crippen molar-refractivity contribution in [2.75, 3.05) is 31.7 Å². The first-order chi connectivity index (χ1) is 8.19. The normalized spacial score (nSPS) is 18.2. The summed E-state index contributed by atoms with van der Waals surface area (Å²) in [6.45, 7) is 2.36. The van der Waals surface area contributed by atoms with Gasteiger partial charge < -0.3 is 9.84 Å². The van der Waals surface area contributed by atoms with Crippen LogP contribution in [-0.2, 0) is 17.3 Å². The Morgan fingerprint density at radius 1 is 1.41 bits per heavy atom. The average molecular weight is 255 g/mol. The third kappa shape index (κ3) is 3.20. The van der Waals surface area contributed by atoms with Crippen molar-refractivity contribution in [2.45, 2.75) is 6.54 Å². The van der Waals surface area contributed by atoms with E-state index in [2.05, 4.69) is 4.90 Å². The Labute approximate surface area is 104 Å². The molecule has 0 aliphatic carbocycles. The van der Waals surface area contributed by atoms with Gasteiger partial charge in [0.05, 0.1) is 7.11 Å². The SMILES string of the molecule is COc1ccc(CN2CCS(=O)CC2)c(O)c1. The maximum absolute atomic E-state index is 11.2. The molecule has 0 amide bonds. The summed E-state index contributed by atoms with van der Waals surface area (Å²) in [5.74, 6) is 2.38. The third-order valence-corrected chi connectivity index (χ3v) is 4.23. The van der Waals surface area contributed by atoms with E-state index in [0.717, 1.165) is 30.2 Å². The standard InChI is InChI=1S/C12H17NO3S/c1-16-11-3-2-10(12(14)8-11)9-13-4-6-17(15)7-5-13/h2-3,8,14H,4-7,9H2,1H3. The minimum Gasteiger partial charge on any atom is -0.507 e. The lowest BCUT2D eigenvalue weighted by Gasteiger charge is -2.26. The summed E-state index contributed by atoms with van der Waals surface area (Å²) >= 11 is 0. The van der Waals surface area contributed by atoms with Crippen LogP contribution in [0.5, 0.6) is 11.5 Å². The van der Waals surface area contributed by atoms with Crippen molar-refractivity contribution >= 4 is 10.8 Å². The Morgan fingerprint density at radius 2 is 2.12 bits per heavy atom. The molecule has 17 heavy (non-hydrogen) atoms. The van der Waals surface area contributed by atoms with Crippen molar-refractivity contribution in [1.82, 2.24) is 4.90 Å². The van der Waals surface area contributed by atoms with Crippen LogP contribution in [0, 0.1) is 0 Å². The Bertz CT molecular complexity index is 412. The van der Waals surface area contributed by atoms with E-state index >= 15 is 0 Å². The highest BCUT2D eigenvalue weighted by Gasteiger charge is 2.16. The van der Waals surface area contributed by atoms with Crippen molar-refractivity contribution in [3.05, 3.63) is 23.8 Å². The lowest BCUT2D eigenvalue weighted by atomic mass is 10.1. The Balaban J connectivity index is 2.01. The summed E-state index contributed by atoms with van der Waals surface area (Å²) in [5.41, 5.74) is 0.887. The van der Waals surface area contributed by atoms with Crippen molar-refractivity contribution in [3.8, 4) is 11.5 Å². The first-order valence-corrected chi connectivity index (χ1v) is 7.11. The average Bonchev–Trinajstić information content (AvgIpc) is 2.34. The van der Waals surface area contributed by atoms with E-state index in [-0.39, 0.29) is 5.75 Å². The molecule has 94 valence electrons. The minimum absolute atomic E-state index is 0.260. The summed E-state index contributed by atoms with van der Waals surface area (Å²) in [4.78, 5) is 2.21. The van der Waals surface area contributed by atoms with Crippen LogP contribution >= 0.6 is 0 Å². The molecule has 1 N–H and O–H groups in total. The zero-order chi connectivity index (χ0) is 12.3. The highest BCUT2D eigenvalue weighted by Crippen LogP contribution is 2.24. The number of phenolic OH excluding ortho intramolecular Hbond substituents is 1. The van der Waals surface area contributed by atoms with Gasteiger partial charge in [-0.1, -0.05) is 6.07 Å². The van der Waals surface area contributed by atoms with Gasteiger partial charge in [0.1, 0.15) is 11.5 Å². The molecule has 1 aliphatic rings. The van der Waals surface area contributed by atoms with Crippen molar-refractivity contribution in [1.29, 1.82) is 0 Å². The van der Waals surface area contributed by atoms with Crippen molar-refractivity contribution < 1.29 is 14.1 Å². The molecule has 1 aliphatic heterocycles. The van der Waals surface area contributed by atoms with Gasteiger partial charge in [0.25, 0.3) is 0 Å². The summed E-state index contributed by atoms with van der Waals surface area (Å²) in [6, 6.07) is 5.34. The van der Waals surface area contributed by atoms with Gasteiger partial charge in [-0.2, -0.15) is 0 Å². The first kappa shape index (κ1) is 12.4. The molecule has 1 aromatic carbocycles. The molecule has 1 heterocycles. The molecule has 0 unspecified atom stereocenters. The fourth-order valence-corrected chi connectivity index (χ4v) is 3.01. The molecule has 1 aromatic rings. The fraction of sp³-hybridized carbons (Fsp3) is 0.500. The van der Waals surface area contributed by atoms with E-state index in [0.29, 0.717) is 12.3 Å². The van der Waals surface area contributed by atoms with Crippen LogP contribution in [0.15, 0.2) is 18.2 Å². The molecule has 0 atom stereocenters. The first-order valence-electron chi connectivity index (χ1n) is 5.62. The molecule has 5 heteroatoms. The maximum Gasteiger partial charge on any atom is 0.123 e. The van der Waals surface area contributed by atoms with Crippen LogP contribution in [0.1, 0.15) is 5.56 Å². The van der Waals surface area contributed by atoms with E-state index < -0.39 is 10.8 Å². The van der Waals surface area contributed by atoms with Crippen LogP contribution in [0.4, 0.5) is 0 Å². The number of hydrogen-bond donors (Lipinski definition) is 1. The van der Waals surface area contributed by atoms with Gasteiger partial charge in [-0.15, -0.1) is 0 Å². The summed E-state index contributed by atoms with van der Waals surface area (Å²) in [5, 5.41) is 9.84. The number of phenols is 1. The summed E-state index contributed by atoms with van der Waals surface area (Å²) in [7, 11) is 0.924. The van der Waals surface area contributed by atoms with Crippen LogP contribution in [0.3, 0.4) is 0 Å². The number of rotatable bonds is 3. The number of hydrogen-bond acceptors (Lipinski definition) is 4. The molecule has 0 bridgehead atoms. The smallest absolute Gasteiger partial charge is 0.123 e. The topological polar surface area (TPSA) is 49.8 Å². The minimum atomic E-state index is -0.654. The summed E-state index contributed by atoms with van der Waals surface area (Å²) in [6.07, 6.45) is 0. The second kappa shape index (κ2) is 5.51. The van der Waals surface area contributed by atoms with Crippen molar-refractivity contribution in [2.24, 2.45) is 0 Å². The largest absolute Gasteiger partial charge is 0.507 e. The third-order valence-electron chi connectivity index (χ3n) is 2.96. The Morgan fingerprint density at radius 3 is 2.71 bits per heavy atom. The van der Waals surface area contributed by atoms with Crippen molar-refractivity contribution in [3.63, 3.8) is 0 Å². The van der Waals surface area contributed by atoms with E-state index in [1.165, 1.54) is 0 Å². The number of benzene rings is 1. The Hall–Kier alpha value is -1.07. The second-order valence-electron chi connectivity index (χ2n) is 4.12. The molecular formula is C12H17NO3S. The number of ether oxygens (including phenoxy) is 1. The second-order valence-corrected chi connectivity index (χ2v) is 5.82. The Kier molecular flexibility index (Phi) is 4.02. The van der Waals surface area contributed by atoms with E-state index in [1.54, 1.807) is 13.2 Å². The quantitative estimate of drug-likeness (QED) is 0.874. The lowest BCUT2D eigenvalue weighted by molar-refractivity contribution is 0.286. The molecule has 0 saturated carbocycles. The van der Waals surface area contributed by atoms with Crippen LogP contribution < -0.4 is 4.74 Å². The molecule has 1 fully saturated rings. The van der Waals surface area contributed by atoms with Gasteiger partial charge in [0, 0.05) is 53.6 Å². The summed E-state index contributed by atoms with van der Waals surface area (Å²) < 4.78 is 16.3. The molecule has 0 spiro atoms. The predicted molar refractivity (Wildman–Crippen MR) is 67.8 cm³/mol. The zero-order valence-corrected chi connectivity index (χ0v) is 10.7. The van der Waals surface area contributed by atoms with E-state index in [9.17, 15) is 9.32 Å². The van der Waals surface area contributed by atoms with Gasteiger partial charge in [0.15, 0.2) is 0 Å². The van der Waals surface area contributed by atoms with Gasteiger partial charge >= 0.3 is 0 Å². The monoisotopic (exact) mass is 255 g/mol. The van der Waals surface area contributed by atoms with Crippen LogP contribution in [0.25, 0.3) is 0 Å². The van der Waals surface area contributed by atoms with Gasteiger partial charge in [0.2, 0.25) is 0 Å². The van der Waals surface area contributed by atoms with E-state index in [4.69, 9.17) is 4.74 Å². The molecule has 0 aromatic heterocycles. The zero-order valence-electron chi connectivity index (χ0n) is 9.89. The molecule has 2 rings (SSSR count). The predicted octanol–water partition coefficient (Wildman–Crippen LogP) is 0.965. The number of aromatic hydroxyl groups is 1. The van der Waals surface area contributed by atoms with Crippen LogP contribution in [0.2, 0.25) is 0 Å². The molecule has 1 saturated heterocycles. The molecule has 0 radical (unpaired) electrons. The lowest BCUT2D eigenvalue weighted by Crippen LogP contribution is -2.37. The van der Waals surface area contributed by atoms with Crippen LogP contribution in [-0.4, -0.2) is 45.9 Å². The maximum atomic E-state index is 11.2. The van der Waals surface area contributed by atoms with Gasteiger partial charge in [-0.25, -0.2) is 0 Å². The van der Waals surface area contributed by atoms with Gasteiger partial charge in [-0.3, -0.25) is 9.11 Å². The van der Waals surface area contributed by atoms with E-state index in [1.807, 2.05) is 12.1 Å². The highest BCUT2D eigenvalue weighted by molar-refractivity contribution is 7.85. The molecule has 4 nitrogen and oxygen atoms in total. The highest BCUT2D eigenvalue weighted by atomic mass is 32.2. The fourth-order valence-electron chi connectivity index (χ4n) is 1.88. The number of nitrogens with zero attached hydrogens (tertiary/aromatic N) is 1.